The SMILES string of the molecule is CCC(CC)NC(=O)CC(N)=S. The first-order chi connectivity index (χ1) is 5.60. The first-order valence-electron chi connectivity index (χ1n) is 4.17. The van der Waals surface area contributed by atoms with E-state index in [0.29, 0.717) is 0 Å². The molecule has 0 aliphatic heterocycles. The molecule has 0 aliphatic rings. The third-order valence-corrected chi connectivity index (χ3v) is 1.83. The van der Waals surface area contributed by atoms with Crippen LogP contribution in [0.15, 0.2) is 0 Å². The van der Waals surface area contributed by atoms with Crippen LogP contribution in [0, 0.1) is 0 Å². The van der Waals surface area contributed by atoms with Gasteiger partial charge in [0.15, 0.2) is 0 Å². The Morgan fingerprint density at radius 2 is 2.00 bits per heavy atom. The van der Waals surface area contributed by atoms with Crippen molar-refractivity contribution in [2.24, 2.45) is 5.73 Å². The molecule has 0 saturated heterocycles. The van der Waals surface area contributed by atoms with Gasteiger partial charge in [-0.05, 0) is 12.8 Å². The zero-order valence-electron chi connectivity index (χ0n) is 7.59. The first kappa shape index (κ1) is 11.4. The molecule has 0 saturated carbocycles. The van der Waals surface area contributed by atoms with Crippen LogP contribution in [0.2, 0.25) is 0 Å². The lowest BCUT2D eigenvalue weighted by Crippen LogP contribution is -2.35. The fourth-order valence-electron chi connectivity index (χ4n) is 0.930. The van der Waals surface area contributed by atoms with Crippen molar-refractivity contribution in [2.75, 3.05) is 0 Å². The molecule has 0 atom stereocenters. The van der Waals surface area contributed by atoms with Crippen LogP contribution in [0.25, 0.3) is 0 Å². The Labute approximate surface area is 78.7 Å². The molecule has 0 rings (SSSR count). The summed E-state index contributed by atoms with van der Waals surface area (Å²) in [5, 5.41) is 2.84. The standard InChI is InChI=1S/C8H16N2OS/c1-3-6(4-2)10-8(11)5-7(9)12/h6H,3-5H2,1-2H3,(H2,9,12)(H,10,11). The van der Waals surface area contributed by atoms with Crippen molar-refractivity contribution in [3.8, 4) is 0 Å². The summed E-state index contributed by atoms with van der Waals surface area (Å²) in [6.45, 7) is 4.07. The number of carbonyl (C=O) groups is 1. The molecule has 0 bridgehead atoms. The maximum absolute atomic E-state index is 11.1. The van der Waals surface area contributed by atoms with Gasteiger partial charge in [0, 0.05) is 6.04 Å². The maximum Gasteiger partial charge on any atom is 0.227 e. The quantitative estimate of drug-likeness (QED) is 0.632. The van der Waals surface area contributed by atoms with Crippen molar-refractivity contribution in [1.82, 2.24) is 5.32 Å². The average molecular weight is 188 g/mol. The van der Waals surface area contributed by atoms with E-state index in [2.05, 4.69) is 17.5 Å². The molecule has 0 fully saturated rings. The monoisotopic (exact) mass is 188 g/mol. The second kappa shape index (κ2) is 5.94. The minimum Gasteiger partial charge on any atom is -0.393 e. The lowest BCUT2D eigenvalue weighted by atomic mass is 10.1. The van der Waals surface area contributed by atoms with Crippen LogP contribution >= 0.6 is 12.2 Å². The maximum atomic E-state index is 11.1. The number of thiocarbonyl (C=S) groups is 1. The van der Waals surface area contributed by atoms with Gasteiger partial charge in [0.1, 0.15) is 0 Å². The van der Waals surface area contributed by atoms with Crippen molar-refractivity contribution in [3.63, 3.8) is 0 Å². The zero-order chi connectivity index (χ0) is 9.56. The summed E-state index contributed by atoms with van der Waals surface area (Å²) in [5.41, 5.74) is 5.22. The van der Waals surface area contributed by atoms with Crippen LogP contribution in [0.5, 0.6) is 0 Å². The van der Waals surface area contributed by atoms with Gasteiger partial charge in [-0.15, -0.1) is 0 Å². The molecule has 0 aromatic carbocycles. The summed E-state index contributed by atoms with van der Waals surface area (Å²) in [6, 6.07) is 0.256. The van der Waals surface area contributed by atoms with Gasteiger partial charge in [0.05, 0.1) is 11.4 Å². The van der Waals surface area contributed by atoms with Gasteiger partial charge in [0.2, 0.25) is 5.91 Å². The summed E-state index contributed by atoms with van der Waals surface area (Å²) < 4.78 is 0. The Morgan fingerprint density at radius 3 is 2.33 bits per heavy atom. The molecule has 4 heteroatoms. The van der Waals surface area contributed by atoms with E-state index in [1.54, 1.807) is 0 Å². The van der Waals surface area contributed by atoms with E-state index in [0.717, 1.165) is 12.8 Å². The zero-order valence-corrected chi connectivity index (χ0v) is 8.41. The average Bonchev–Trinajstić information content (AvgIpc) is 1.98. The van der Waals surface area contributed by atoms with E-state index in [9.17, 15) is 4.79 Å². The van der Waals surface area contributed by atoms with E-state index in [4.69, 9.17) is 5.73 Å². The summed E-state index contributed by atoms with van der Waals surface area (Å²) in [6.07, 6.45) is 2.05. The van der Waals surface area contributed by atoms with Crippen LogP contribution in [-0.2, 0) is 4.79 Å². The van der Waals surface area contributed by atoms with Gasteiger partial charge >= 0.3 is 0 Å². The van der Waals surface area contributed by atoms with Crippen LogP contribution in [0.4, 0.5) is 0 Å². The Bertz CT molecular complexity index is 166. The Morgan fingerprint density at radius 1 is 1.50 bits per heavy atom. The predicted molar refractivity (Wildman–Crippen MR) is 53.9 cm³/mol. The summed E-state index contributed by atoms with van der Waals surface area (Å²) in [7, 11) is 0. The van der Waals surface area contributed by atoms with E-state index < -0.39 is 0 Å². The van der Waals surface area contributed by atoms with Crippen molar-refractivity contribution in [1.29, 1.82) is 0 Å². The molecule has 1 amide bonds. The van der Waals surface area contributed by atoms with Crippen molar-refractivity contribution in [2.45, 2.75) is 39.2 Å². The molecule has 0 radical (unpaired) electrons. The molecule has 0 spiro atoms. The second-order valence-corrected chi connectivity index (χ2v) is 3.25. The Kier molecular flexibility index (Phi) is 5.62. The highest BCUT2D eigenvalue weighted by atomic mass is 32.1. The minimum absolute atomic E-state index is 0.0730. The van der Waals surface area contributed by atoms with Crippen LogP contribution in [0.1, 0.15) is 33.1 Å². The number of nitrogens with one attached hydrogen (secondary N) is 1. The van der Waals surface area contributed by atoms with E-state index in [1.807, 2.05) is 13.8 Å². The van der Waals surface area contributed by atoms with Crippen molar-refractivity contribution < 1.29 is 4.79 Å². The normalized spacial score (nSPS) is 9.92. The van der Waals surface area contributed by atoms with Gasteiger partial charge in [-0.3, -0.25) is 4.79 Å². The molecule has 70 valence electrons. The third kappa shape index (κ3) is 5.07. The third-order valence-electron chi connectivity index (χ3n) is 1.69. The molecule has 0 unspecified atom stereocenters. The molecule has 0 aromatic rings. The van der Waals surface area contributed by atoms with Gasteiger partial charge in [-0.1, -0.05) is 26.1 Å². The number of carbonyl (C=O) groups excluding carboxylic acids is 1. The number of rotatable bonds is 5. The van der Waals surface area contributed by atoms with Gasteiger partial charge in [-0.2, -0.15) is 0 Å². The number of hydrogen-bond acceptors (Lipinski definition) is 2. The number of amides is 1. The molecule has 3 nitrogen and oxygen atoms in total. The summed E-state index contributed by atoms with van der Waals surface area (Å²) in [4.78, 5) is 11.4. The molecule has 0 aromatic heterocycles. The highest BCUT2D eigenvalue weighted by Crippen LogP contribution is 1.96. The lowest BCUT2D eigenvalue weighted by molar-refractivity contribution is -0.120. The van der Waals surface area contributed by atoms with E-state index in [1.165, 1.54) is 0 Å². The molecule has 12 heavy (non-hydrogen) atoms. The lowest BCUT2D eigenvalue weighted by Gasteiger charge is -2.13. The molecular weight excluding hydrogens is 172 g/mol. The van der Waals surface area contributed by atoms with Gasteiger partial charge < -0.3 is 11.1 Å². The minimum atomic E-state index is -0.0730. The summed E-state index contributed by atoms with van der Waals surface area (Å²) >= 11 is 4.61. The predicted octanol–water partition coefficient (Wildman–Crippen LogP) is 0.967. The van der Waals surface area contributed by atoms with E-state index >= 15 is 0 Å². The molecule has 0 aliphatic carbocycles. The van der Waals surface area contributed by atoms with E-state index in [-0.39, 0.29) is 23.4 Å². The topological polar surface area (TPSA) is 55.1 Å². The first-order valence-corrected chi connectivity index (χ1v) is 4.58. The fraction of sp³-hybridized carbons (Fsp3) is 0.750. The largest absolute Gasteiger partial charge is 0.393 e. The van der Waals surface area contributed by atoms with Crippen LogP contribution in [-0.4, -0.2) is 16.9 Å². The van der Waals surface area contributed by atoms with Crippen LogP contribution < -0.4 is 11.1 Å². The molecular formula is C8H16N2OS. The molecule has 0 heterocycles. The van der Waals surface area contributed by atoms with Crippen LogP contribution in [0.3, 0.4) is 0 Å². The number of hydrogen-bond donors (Lipinski definition) is 2. The second-order valence-electron chi connectivity index (χ2n) is 2.72. The Hall–Kier alpha value is -0.640. The smallest absolute Gasteiger partial charge is 0.227 e. The Balaban J connectivity index is 3.74. The fourth-order valence-corrected chi connectivity index (χ4v) is 1.06. The van der Waals surface area contributed by atoms with Crippen molar-refractivity contribution in [3.05, 3.63) is 0 Å². The highest BCUT2D eigenvalue weighted by Gasteiger charge is 2.08. The highest BCUT2D eigenvalue weighted by molar-refractivity contribution is 7.80. The number of nitrogens with two attached hydrogens (primary N) is 1. The van der Waals surface area contributed by atoms with Gasteiger partial charge in [0.25, 0.3) is 0 Å². The van der Waals surface area contributed by atoms with Gasteiger partial charge in [-0.25, -0.2) is 0 Å². The summed E-state index contributed by atoms with van der Waals surface area (Å²) in [5.74, 6) is -0.0730. The van der Waals surface area contributed by atoms with Crippen molar-refractivity contribution >= 4 is 23.1 Å². The molecule has 3 N–H and O–H groups in total.